The maximum atomic E-state index is 12.6. The Balaban J connectivity index is 1.21. The predicted octanol–water partition coefficient (Wildman–Crippen LogP) is 2.34. The van der Waals surface area contributed by atoms with Gasteiger partial charge in [0.05, 0.1) is 16.4 Å². The third-order valence-electron chi connectivity index (χ3n) is 6.78. The van der Waals surface area contributed by atoms with Crippen molar-refractivity contribution >= 4 is 51.2 Å². The second kappa shape index (κ2) is 12.1. The number of aryl methyl sites for hydroxylation is 1. The van der Waals surface area contributed by atoms with Gasteiger partial charge in [-0.15, -0.1) is 0 Å². The fraction of sp³-hybridized carbons (Fsp3) is 0.500. The fourth-order valence-corrected chi connectivity index (χ4v) is 4.69. The minimum absolute atomic E-state index is 0.00933. The van der Waals surface area contributed by atoms with Crippen LogP contribution in [-0.2, 0) is 25.5 Å². The smallest absolute Gasteiger partial charge is 0.329 e. The van der Waals surface area contributed by atoms with Crippen molar-refractivity contribution in [1.82, 2.24) is 20.2 Å². The number of ether oxygens (including phenoxy) is 1. The van der Waals surface area contributed by atoms with Crippen LogP contribution in [0.4, 0.5) is 17.5 Å². The van der Waals surface area contributed by atoms with Gasteiger partial charge in [-0.25, -0.2) is 9.78 Å². The molecule has 2 fully saturated rings. The minimum atomic E-state index is -0.579. The Bertz CT molecular complexity index is 1170. The number of nitrogens with one attached hydrogen (secondary N) is 3. The van der Waals surface area contributed by atoms with Gasteiger partial charge in [-0.05, 0) is 66.9 Å². The number of rotatable bonds is 13. The molecule has 0 aliphatic carbocycles. The highest BCUT2D eigenvalue weighted by molar-refractivity contribution is 9.10. The van der Waals surface area contributed by atoms with Gasteiger partial charge in [0.2, 0.25) is 17.8 Å². The zero-order chi connectivity index (χ0) is 27.3. The summed E-state index contributed by atoms with van der Waals surface area (Å²) in [6.45, 7) is 6.10. The number of benzene rings is 1. The lowest BCUT2D eigenvalue weighted by atomic mass is 9.93. The van der Waals surface area contributed by atoms with Crippen molar-refractivity contribution in [2.75, 3.05) is 36.8 Å². The van der Waals surface area contributed by atoms with E-state index in [0.717, 1.165) is 28.7 Å². The number of halogens is 1. The van der Waals surface area contributed by atoms with Gasteiger partial charge in [-0.1, -0.05) is 12.1 Å². The van der Waals surface area contributed by atoms with Crippen LogP contribution in [-0.4, -0.2) is 71.0 Å². The average molecular weight is 589 g/mol. The largest absolute Gasteiger partial charge is 0.459 e. The maximum Gasteiger partial charge on any atom is 0.329 e. The normalized spacial score (nSPS) is 18.4. The number of nitrogens with two attached hydrogens (primary N) is 1. The molecule has 2 unspecified atom stereocenters. The number of hydrogen-bond acceptors (Lipinski definition) is 9. The number of nitrogens with zero attached hydrogens (tertiary/aromatic N) is 3. The Kier molecular flexibility index (Phi) is 8.83. The first-order valence-corrected chi connectivity index (χ1v) is 13.5. The first-order chi connectivity index (χ1) is 18.1. The average Bonchev–Trinajstić information content (AvgIpc) is 3.47. The van der Waals surface area contributed by atoms with Gasteiger partial charge in [0, 0.05) is 37.8 Å². The highest BCUT2D eigenvalue weighted by Gasteiger charge is 2.48. The maximum absolute atomic E-state index is 12.6. The lowest BCUT2D eigenvalue weighted by molar-refractivity contribution is -0.157. The minimum Gasteiger partial charge on any atom is -0.459 e. The number of esters is 1. The van der Waals surface area contributed by atoms with Crippen molar-refractivity contribution in [3.05, 3.63) is 40.5 Å². The molecule has 5 N–H and O–H groups in total. The molecular weight excluding hydrogens is 554 g/mol. The van der Waals surface area contributed by atoms with Crippen LogP contribution in [0.5, 0.6) is 0 Å². The second-order valence-electron chi connectivity index (χ2n) is 10.3. The number of aromatic nitrogens is 2. The summed E-state index contributed by atoms with van der Waals surface area (Å²) in [6.07, 6.45) is 3.95. The van der Waals surface area contributed by atoms with E-state index in [4.69, 9.17) is 10.5 Å². The van der Waals surface area contributed by atoms with Crippen LogP contribution in [0.1, 0.15) is 38.7 Å². The predicted molar refractivity (Wildman–Crippen MR) is 147 cm³/mol. The van der Waals surface area contributed by atoms with Gasteiger partial charge in [0.1, 0.15) is 18.0 Å². The number of likely N-dealkylation sites (tertiary alicyclic amines) is 1. The van der Waals surface area contributed by atoms with E-state index in [0.29, 0.717) is 50.7 Å². The zero-order valence-corrected chi connectivity index (χ0v) is 23.2. The first-order valence-electron chi connectivity index (χ1n) is 12.8. The van der Waals surface area contributed by atoms with E-state index < -0.39 is 11.5 Å². The van der Waals surface area contributed by atoms with Crippen LogP contribution in [0.25, 0.3) is 0 Å². The topological polar surface area (TPSA) is 152 Å². The van der Waals surface area contributed by atoms with Gasteiger partial charge < -0.3 is 31.3 Å². The molecule has 38 heavy (non-hydrogen) atoms. The van der Waals surface area contributed by atoms with E-state index in [1.54, 1.807) is 11.1 Å². The van der Waals surface area contributed by atoms with Crippen molar-refractivity contribution in [3.8, 4) is 0 Å². The Hall–Kier alpha value is -3.25. The molecule has 3 heterocycles. The summed E-state index contributed by atoms with van der Waals surface area (Å²) in [7, 11) is 0. The van der Waals surface area contributed by atoms with E-state index in [1.807, 2.05) is 38.1 Å². The lowest BCUT2D eigenvalue weighted by Gasteiger charge is -2.25. The molecule has 11 nitrogen and oxygen atoms in total. The molecule has 1 aromatic carbocycles. The molecule has 12 heteroatoms. The molecule has 2 aromatic rings. The lowest BCUT2D eigenvalue weighted by Crippen LogP contribution is -2.44. The zero-order valence-electron chi connectivity index (χ0n) is 21.6. The van der Waals surface area contributed by atoms with Crippen molar-refractivity contribution < 1.29 is 19.1 Å². The van der Waals surface area contributed by atoms with Crippen LogP contribution < -0.4 is 21.7 Å². The van der Waals surface area contributed by atoms with Crippen LogP contribution >= 0.6 is 15.9 Å². The van der Waals surface area contributed by atoms with Gasteiger partial charge in [-0.2, -0.15) is 4.98 Å². The molecule has 0 spiro atoms. The SMILES string of the molecule is CC(C)(CNCCCNc1nc(Nc2ccc(CCC(=O)N3CC4CC3C(=O)O4)cc2)ncc1Br)C(N)=O. The molecule has 204 valence electrons. The molecule has 4 rings (SSSR count). The summed E-state index contributed by atoms with van der Waals surface area (Å²) in [5, 5.41) is 9.76. The number of fused-ring (bicyclic) bond motifs is 2. The molecule has 0 radical (unpaired) electrons. The molecule has 0 saturated carbocycles. The number of anilines is 3. The Morgan fingerprint density at radius 1 is 1.24 bits per heavy atom. The van der Waals surface area contributed by atoms with Crippen LogP contribution in [0.15, 0.2) is 34.9 Å². The first kappa shape index (κ1) is 27.8. The number of carbonyl (C=O) groups excluding carboxylic acids is 3. The number of carbonyl (C=O) groups is 3. The highest BCUT2D eigenvalue weighted by Crippen LogP contribution is 2.29. The summed E-state index contributed by atoms with van der Waals surface area (Å²) in [5.74, 6) is 0.517. The van der Waals surface area contributed by atoms with E-state index in [2.05, 4.69) is 41.8 Å². The number of hydrogen-bond donors (Lipinski definition) is 4. The third kappa shape index (κ3) is 6.98. The summed E-state index contributed by atoms with van der Waals surface area (Å²) in [5.41, 5.74) is 6.68. The van der Waals surface area contributed by atoms with Gasteiger partial charge >= 0.3 is 5.97 Å². The molecule has 2 atom stereocenters. The molecule has 2 bridgehead atoms. The highest BCUT2D eigenvalue weighted by atomic mass is 79.9. The van der Waals surface area contributed by atoms with E-state index in [1.165, 1.54) is 0 Å². The molecule has 2 aliphatic rings. The molecular formula is C26H34BrN7O4. The van der Waals surface area contributed by atoms with Crippen LogP contribution in [0.3, 0.4) is 0 Å². The van der Waals surface area contributed by atoms with Crippen molar-refractivity contribution in [2.24, 2.45) is 11.1 Å². The number of primary amides is 1. The van der Waals surface area contributed by atoms with Crippen LogP contribution in [0, 0.1) is 5.41 Å². The van der Waals surface area contributed by atoms with Crippen molar-refractivity contribution in [2.45, 2.75) is 51.7 Å². The third-order valence-corrected chi connectivity index (χ3v) is 7.36. The quantitative estimate of drug-likeness (QED) is 0.204. The number of morpholine rings is 1. The van der Waals surface area contributed by atoms with E-state index in [-0.39, 0.29) is 23.9 Å². The Morgan fingerprint density at radius 2 is 2.00 bits per heavy atom. The van der Waals surface area contributed by atoms with Gasteiger partial charge in [0.15, 0.2) is 0 Å². The van der Waals surface area contributed by atoms with E-state index >= 15 is 0 Å². The molecule has 2 saturated heterocycles. The van der Waals surface area contributed by atoms with Crippen molar-refractivity contribution in [1.29, 1.82) is 0 Å². The van der Waals surface area contributed by atoms with Crippen LogP contribution in [0.2, 0.25) is 0 Å². The van der Waals surface area contributed by atoms with Crippen molar-refractivity contribution in [3.63, 3.8) is 0 Å². The molecule has 1 aromatic heterocycles. The standard InChI is InChI=1S/C26H34BrN7O4/c1-26(2,24(28)37)15-29-10-3-11-30-22-19(27)13-31-25(33-22)32-17-7-4-16(5-8-17)6-9-21(35)34-14-18-12-20(34)23(36)38-18/h4-5,7-8,13,18,20,29H,3,6,9-12,14-15H2,1-2H3,(H2,28,37)(H2,30,31,32,33). The Labute approximate surface area is 230 Å². The molecule has 2 amide bonds. The summed E-state index contributed by atoms with van der Waals surface area (Å²) in [4.78, 5) is 46.2. The summed E-state index contributed by atoms with van der Waals surface area (Å²) in [6, 6.07) is 7.37. The number of amides is 2. The monoisotopic (exact) mass is 587 g/mol. The van der Waals surface area contributed by atoms with Gasteiger partial charge in [-0.3, -0.25) is 9.59 Å². The Morgan fingerprint density at radius 3 is 2.68 bits per heavy atom. The summed E-state index contributed by atoms with van der Waals surface area (Å²) >= 11 is 3.48. The van der Waals surface area contributed by atoms with Gasteiger partial charge in [0.25, 0.3) is 0 Å². The van der Waals surface area contributed by atoms with E-state index in [9.17, 15) is 14.4 Å². The molecule has 2 aliphatic heterocycles. The second-order valence-corrected chi connectivity index (χ2v) is 11.1. The fourth-order valence-electron chi connectivity index (χ4n) is 4.36. The summed E-state index contributed by atoms with van der Waals surface area (Å²) < 4.78 is 5.91.